The Labute approximate surface area is 135 Å². The average Bonchev–Trinajstić information content (AvgIpc) is 2.80. The largest absolute Gasteiger partial charge is 0.437 e. The maximum Gasteiger partial charge on any atom is 0.219 e. The van der Waals surface area contributed by atoms with E-state index >= 15 is 0 Å². The van der Waals surface area contributed by atoms with Gasteiger partial charge in [0.1, 0.15) is 5.75 Å². The van der Waals surface area contributed by atoms with Crippen LogP contribution in [0.5, 0.6) is 11.6 Å². The number of aromatic nitrogens is 4. The number of aryl methyl sites for hydroxylation is 2. The lowest BCUT2D eigenvalue weighted by Crippen LogP contribution is -2.02. The lowest BCUT2D eigenvalue weighted by Gasteiger charge is -2.08. The summed E-state index contributed by atoms with van der Waals surface area (Å²) in [4.78, 5) is 8.31. The summed E-state index contributed by atoms with van der Waals surface area (Å²) >= 11 is 0. The van der Waals surface area contributed by atoms with Crippen molar-refractivity contribution in [3.05, 3.63) is 59.8 Å². The first-order chi connectivity index (χ1) is 11.1. The first kappa shape index (κ1) is 15.0. The number of hydrogen-bond acceptors (Lipinski definition) is 5. The van der Waals surface area contributed by atoms with E-state index in [0.717, 1.165) is 17.9 Å². The summed E-state index contributed by atoms with van der Waals surface area (Å²) in [5, 5.41) is 7.78. The van der Waals surface area contributed by atoms with E-state index in [4.69, 9.17) is 4.74 Å². The van der Waals surface area contributed by atoms with E-state index in [1.54, 1.807) is 18.6 Å². The van der Waals surface area contributed by atoms with E-state index in [0.29, 0.717) is 11.6 Å². The fourth-order valence-corrected chi connectivity index (χ4v) is 2.34. The van der Waals surface area contributed by atoms with E-state index < -0.39 is 0 Å². The van der Waals surface area contributed by atoms with Crippen molar-refractivity contribution in [3.8, 4) is 11.6 Å². The highest BCUT2D eigenvalue weighted by Crippen LogP contribution is 2.20. The summed E-state index contributed by atoms with van der Waals surface area (Å²) in [5.74, 6) is 1.21. The molecule has 0 radical (unpaired) electrons. The standard InChI is InChI=1S/C17H19N5O/c1-12-16(13(2)22(3)21-12)11-19-14-6-7-17(20-9-14)23-15-5-4-8-18-10-15/h4-10,19H,11H2,1-3H3. The van der Waals surface area contributed by atoms with Gasteiger partial charge >= 0.3 is 0 Å². The average molecular weight is 309 g/mol. The quantitative estimate of drug-likeness (QED) is 0.784. The molecule has 0 saturated heterocycles. The zero-order valence-electron chi connectivity index (χ0n) is 13.4. The minimum atomic E-state index is 0.539. The van der Waals surface area contributed by atoms with Gasteiger partial charge in [-0.15, -0.1) is 0 Å². The molecule has 6 heteroatoms. The van der Waals surface area contributed by atoms with Crippen molar-refractivity contribution < 1.29 is 4.74 Å². The predicted octanol–water partition coefficient (Wildman–Crippen LogP) is 3.23. The minimum absolute atomic E-state index is 0.539. The lowest BCUT2D eigenvalue weighted by atomic mass is 10.2. The number of hydrogen-bond donors (Lipinski definition) is 1. The third kappa shape index (κ3) is 3.48. The van der Waals surface area contributed by atoms with Crippen LogP contribution in [-0.2, 0) is 13.6 Å². The molecule has 0 atom stereocenters. The number of nitrogens with zero attached hydrogens (tertiary/aromatic N) is 4. The molecule has 0 aliphatic rings. The third-order valence-corrected chi connectivity index (χ3v) is 3.72. The number of nitrogens with one attached hydrogen (secondary N) is 1. The molecular weight excluding hydrogens is 290 g/mol. The highest BCUT2D eigenvalue weighted by atomic mass is 16.5. The molecule has 3 heterocycles. The Hall–Kier alpha value is -2.89. The Bertz CT molecular complexity index is 781. The second-order valence-corrected chi connectivity index (χ2v) is 5.30. The van der Waals surface area contributed by atoms with Crippen LogP contribution in [-0.4, -0.2) is 19.7 Å². The van der Waals surface area contributed by atoms with Gasteiger partial charge in [-0.1, -0.05) is 0 Å². The maximum absolute atomic E-state index is 5.62. The summed E-state index contributed by atoms with van der Waals surface area (Å²) in [6.45, 7) is 4.81. The molecule has 23 heavy (non-hydrogen) atoms. The van der Waals surface area contributed by atoms with Crippen LogP contribution in [0.1, 0.15) is 17.0 Å². The number of anilines is 1. The molecular formula is C17H19N5O. The Morgan fingerprint density at radius 3 is 2.65 bits per heavy atom. The van der Waals surface area contributed by atoms with Gasteiger partial charge in [0.05, 0.1) is 23.8 Å². The Balaban J connectivity index is 1.63. The van der Waals surface area contributed by atoms with Gasteiger partial charge in [-0.25, -0.2) is 4.98 Å². The fourth-order valence-electron chi connectivity index (χ4n) is 2.34. The van der Waals surface area contributed by atoms with Gasteiger partial charge in [-0.3, -0.25) is 9.67 Å². The molecule has 0 aromatic carbocycles. The molecule has 1 N–H and O–H groups in total. The molecule has 3 rings (SSSR count). The van der Waals surface area contributed by atoms with Crippen LogP contribution in [0.3, 0.4) is 0 Å². The van der Waals surface area contributed by atoms with Crippen molar-refractivity contribution in [3.63, 3.8) is 0 Å². The van der Waals surface area contributed by atoms with Crippen molar-refractivity contribution >= 4 is 5.69 Å². The van der Waals surface area contributed by atoms with Crippen LogP contribution < -0.4 is 10.1 Å². The van der Waals surface area contributed by atoms with E-state index in [1.165, 1.54) is 11.3 Å². The van der Waals surface area contributed by atoms with E-state index in [1.807, 2.05) is 42.9 Å². The summed E-state index contributed by atoms with van der Waals surface area (Å²) in [7, 11) is 1.96. The number of ether oxygens (including phenoxy) is 1. The van der Waals surface area contributed by atoms with Crippen LogP contribution in [0.25, 0.3) is 0 Å². The molecule has 3 aromatic heterocycles. The zero-order chi connectivity index (χ0) is 16.2. The molecule has 3 aromatic rings. The van der Waals surface area contributed by atoms with Gasteiger partial charge in [-0.2, -0.15) is 5.10 Å². The SMILES string of the molecule is Cc1nn(C)c(C)c1CNc1ccc(Oc2cccnc2)nc1. The van der Waals surface area contributed by atoms with Crippen LogP contribution in [0.4, 0.5) is 5.69 Å². The maximum atomic E-state index is 5.62. The molecule has 6 nitrogen and oxygen atoms in total. The second-order valence-electron chi connectivity index (χ2n) is 5.30. The number of rotatable bonds is 5. The lowest BCUT2D eigenvalue weighted by molar-refractivity contribution is 0.461. The van der Waals surface area contributed by atoms with Gasteiger partial charge in [0.15, 0.2) is 0 Å². The molecule has 118 valence electrons. The van der Waals surface area contributed by atoms with E-state index in [-0.39, 0.29) is 0 Å². The Kier molecular flexibility index (Phi) is 4.23. The molecule has 0 fully saturated rings. The monoisotopic (exact) mass is 309 g/mol. The highest BCUT2D eigenvalue weighted by Gasteiger charge is 2.08. The Morgan fingerprint density at radius 1 is 1.17 bits per heavy atom. The van der Waals surface area contributed by atoms with Crippen molar-refractivity contribution in [1.29, 1.82) is 0 Å². The van der Waals surface area contributed by atoms with Crippen molar-refractivity contribution in [2.24, 2.45) is 7.05 Å². The van der Waals surface area contributed by atoms with Gasteiger partial charge in [-0.05, 0) is 32.0 Å². The molecule has 0 aliphatic carbocycles. The highest BCUT2D eigenvalue weighted by molar-refractivity contribution is 5.44. The molecule has 0 amide bonds. The van der Waals surface area contributed by atoms with Crippen LogP contribution >= 0.6 is 0 Å². The van der Waals surface area contributed by atoms with Gasteiger partial charge in [0.2, 0.25) is 5.88 Å². The normalized spacial score (nSPS) is 10.6. The zero-order valence-corrected chi connectivity index (χ0v) is 13.4. The first-order valence-electron chi connectivity index (χ1n) is 7.40. The summed E-state index contributed by atoms with van der Waals surface area (Å²) < 4.78 is 7.52. The minimum Gasteiger partial charge on any atom is -0.437 e. The first-order valence-corrected chi connectivity index (χ1v) is 7.40. The Morgan fingerprint density at radius 2 is 2.04 bits per heavy atom. The molecule has 0 saturated carbocycles. The third-order valence-electron chi connectivity index (χ3n) is 3.72. The molecule has 0 spiro atoms. The fraction of sp³-hybridized carbons (Fsp3) is 0.235. The van der Waals surface area contributed by atoms with E-state index in [2.05, 4.69) is 27.3 Å². The summed E-state index contributed by atoms with van der Waals surface area (Å²) in [5.41, 5.74) is 4.36. The molecule has 0 unspecified atom stereocenters. The van der Waals surface area contributed by atoms with E-state index in [9.17, 15) is 0 Å². The number of pyridine rings is 2. The smallest absolute Gasteiger partial charge is 0.219 e. The summed E-state index contributed by atoms with van der Waals surface area (Å²) in [6, 6.07) is 7.44. The van der Waals surface area contributed by atoms with Gasteiger partial charge in [0, 0.05) is 37.1 Å². The summed E-state index contributed by atoms with van der Waals surface area (Å²) in [6.07, 6.45) is 5.12. The van der Waals surface area contributed by atoms with Crippen LogP contribution in [0.2, 0.25) is 0 Å². The topological polar surface area (TPSA) is 64.9 Å². The van der Waals surface area contributed by atoms with Gasteiger partial charge in [0.25, 0.3) is 0 Å². The van der Waals surface area contributed by atoms with Crippen molar-refractivity contribution in [2.75, 3.05) is 5.32 Å². The van der Waals surface area contributed by atoms with Crippen LogP contribution in [0.15, 0.2) is 42.9 Å². The van der Waals surface area contributed by atoms with Crippen molar-refractivity contribution in [1.82, 2.24) is 19.7 Å². The molecule has 0 bridgehead atoms. The second kappa shape index (κ2) is 6.48. The van der Waals surface area contributed by atoms with Crippen LogP contribution in [0, 0.1) is 13.8 Å². The van der Waals surface area contributed by atoms with Gasteiger partial charge < -0.3 is 10.1 Å². The molecule has 0 aliphatic heterocycles. The predicted molar refractivity (Wildman–Crippen MR) is 88.6 cm³/mol. The van der Waals surface area contributed by atoms with Crippen molar-refractivity contribution in [2.45, 2.75) is 20.4 Å².